The van der Waals surface area contributed by atoms with Crippen molar-refractivity contribution in [3.05, 3.63) is 47.6 Å². The Balaban J connectivity index is -0.000000810. The molecule has 0 spiro atoms. The van der Waals surface area contributed by atoms with Crippen LogP contribution in [-0.2, 0) is 26.2 Å². The Morgan fingerprint density at radius 3 is 1.43 bits per heavy atom. The van der Waals surface area contributed by atoms with Crippen LogP contribution in [0.25, 0.3) is 0 Å². The van der Waals surface area contributed by atoms with E-state index < -0.39 is 0 Å². The Bertz CT molecular complexity index is 416. The molecule has 0 aromatic heterocycles. The van der Waals surface area contributed by atoms with Gasteiger partial charge >= 0.3 is 26.2 Å². The van der Waals surface area contributed by atoms with E-state index in [2.05, 4.69) is 64.2 Å². The summed E-state index contributed by atoms with van der Waals surface area (Å²) < 4.78 is 0. The number of rotatable bonds is 3. The van der Waals surface area contributed by atoms with Gasteiger partial charge in [0.05, 0.1) is 0 Å². The smallest absolute Gasteiger partial charge is 1.00 e. The number of halogens is 3. The number of aliphatic hydroxyl groups excluding tert-OH is 1. The second-order valence-corrected chi connectivity index (χ2v) is 5.72. The van der Waals surface area contributed by atoms with Crippen LogP contribution in [0, 0.1) is 16.7 Å². The van der Waals surface area contributed by atoms with Crippen LogP contribution in [0.5, 0.6) is 0 Å². The van der Waals surface area contributed by atoms with Crippen molar-refractivity contribution in [2.75, 3.05) is 6.61 Å². The molecule has 1 radical (unpaired) electrons. The third kappa shape index (κ3) is 4.36. The fraction of sp³-hybridized carbons (Fsp3) is 0.500. The average Bonchev–Trinajstić information content (AvgIpc) is 2.76. The molecule has 0 saturated carbocycles. The van der Waals surface area contributed by atoms with Crippen LogP contribution >= 0.6 is 0 Å². The summed E-state index contributed by atoms with van der Waals surface area (Å²) in [7, 11) is 0. The van der Waals surface area contributed by atoms with Gasteiger partial charge in [-0.1, -0.05) is 61.4 Å². The summed E-state index contributed by atoms with van der Waals surface area (Å²) in [5, 5.41) is 9.89. The predicted molar refractivity (Wildman–Crippen MR) is 72.6 cm³/mol. The zero-order valence-electron chi connectivity index (χ0n) is 12.8. The molecular formula is C16H22Cl3OZr. The molecule has 0 fully saturated rings. The van der Waals surface area contributed by atoms with E-state index >= 15 is 0 Å². The molecule has 2 unspecified atom stereocenters. The van der Waals surface area contributed by atoms with Crippen molar-refractivity contribution in [2.24, 2.45) is 16.7 Å². The molecule has 0 bridgehead atoms. The second kappa shape index (κ2) is 9.73. The van der Waals surface area contributed by atoms with Crippen molar-refractivity contribution in [2.45, 2.75) is 27.7 Å². The first-order valence-corrected chi connectivity index (χ1v) is 6.29. The number of allylic oxidation sites excluding steroid dienone is 8. The summed E-state index contributed by atoms with van der Waals surface area (Å²) in [6.07, 6.45) is 13.0. The molecule has 117 valence electrons. The minimum absolute atomic E-state index is 0. The molecule has 2 atom stereocenters. The van der Waals surface area contributed by atoms with Gasteiger partial charge in [0.15, 0.2) is 0 Å². The third-order valence-corrected chi connectivity index (χ3v) is 4.91. The zero-order valence-corrected chi connectivity index (χ0v) is 17.6. The van der Waals surface area contributed by atoms with Crippen molar-refractivity contribution in [3.8, 4) is 0 Å². The van der Waals surface area contributed by atoms with Crippen LogP contribution in [-0.4, -0.2) is 11.7 Å². The Morgan fingerprint density at radius 2 is 1.24 bits per heavy atom. The fourth-order valence-electron chi connectivity index (χ4n) is 3.19. The van der Waals surface area contributed by atoms with Crippen LogP contribution in [0.2, 0.25) is 0 Å². The summed E-state index contributed by atoms with van der Waals surface area (Å²) in [6, 6.07) is 0. The van der Waals surface area contributed by atoms with Crippen LogP contribution in [0.4, 0.5) is 0 Å². The van der Waals surface area contributed by atoms with Gasteiger partial charge in [0.2, 0.25) is 0 Å². The van der Waals surface area contributed by atoms with Crippen LogP contribution < -0.4 is 37.2 Å². The first-order chi connectivity index (χ1) is 7.95. The van der Waals surface area contributed by atoms with Crippen molar-refractivity contribution in [3.63, 3.8) is 0 Å². The van der Waals surface area contributed by atoms with E-state index in [9.17, 15) is 5.11 Å². The first-order valence-electron chi connectivity index (χ1n) is 6.29. The van der Waals surface area contributed by atoms with E-state index in [1.165, 1.54) is 11.1 Å². The summed E-state index contributed by atoms with van der Waals surface area (Å²) >= 11 is 0. The van der Waals surface area contributed by atoms with Crippen molar-refractivity contribution in [1.29, 1.82) is 0 Å². The number of aliphatic hydroxyl groups is 1. The van der Waals surface area contributed by atoms with Gasteiger partial charge in [0.1, 0.15) is 0 Å². The molecule has 1 N–H and O–H groups in total. The molecule has 5 heteroatoms. The van der Waals surface area contributed by atoms with E-state index in [1.807, 2.05) is 0 Å². The first kappa shape index (κ1) is 26.6. The van der Waals surface area contributed by atoms with Gasteiger partial charge in [-0.25, -0.2) is 0 Å². The van der Waals surface area contributed by atoms with Crippen molar-refractivity contribution < 1.29 is 68.5 Å². The van der Waals surface area contributed by atoms with E-state index in [1.54, 1.807) is 0 Å². The molecule has 0 aromatic rings. The standard InChI is InChI=1S/C16H22O.3ClH.Zr/c1-12-7-5-9-15(12,3)14(11-17)16(4)10-6-8-13(16)2;;;;/h5-10,14,17H,11H2,1-4H3;3*1H;/q;;;;+3/p-3. The van der Waals surface area contributed by atoms with Crippen molar-refractivity contribution in [1.82, 2.24) is 0 Å². The Hall–Kier alpha value is 0.673. The van der Waals surface area contributed by atoms with Gasteiger partial charge in [-0.15, -0.1) is 0 Å². The Kier molecular flexibility index (Phi) is 12.3. The molecule has 2 aliphatic rings. The molecule has 2 rings (SSSR count). The molecule has 0 heterocycles. The summed E-state index contributed by atoms with van der Waals surface area (Å²) in [5.74, 6) is 0.194. The predicted octanol–water partition coefficient (Wildman–Crippen LogP) is -5.35. The summed E-state index contributed by atoms with van der Waals surface area (Å²) in [5.41, 5.74) is 2.61. The van der Waals surface area contributed by atoms with Gasteiger partial charge in [-0.05, 0) is 13.8 Å². The molecular weight excluding hydrogens is 406 g/mol. The van der Waals surface area contributed by atoms with Crippen LogP contribution in [0.1, 0.15) is 27.7 Å². The average molecular weight is 428 g/mol. The zero-order chi connectivity index (χ0) is 12.7. The SMILES string of the molecule is CC1=CC=CC1(C)C(CO)C1(C)C=CC=C1C.[Cl-].[Cl-].[Cl-].[Zr+3]. The molecule has 0 aliphatic heterocycles. The normalized spacial score (nSPS) is 30.1. The van der Waals surface area contributed by atoms with E-state index in [0.717, 1.165) is 0 Å². The van der Waals surface area contributed by atoms with Gasteiger partial charge < -0.3 is 42.3 Å². The molecule has 21 heavy (non-hydrogen) atoms. The molecule has 0 aromatic carbocycles. The maximum absolute atomic E-state index is 9.89. The second-order valence-electron chi connectivity index (χ2n) is 5.72. The van der Waals surface area contributed by atoms with Crippen LogP contribution in [0.3, 0.4) is 0 Å². The van der Waals surface area contributed by atoms with Crippen molar-refractivity contribution >= 4 is 0 Å². The molecule has 0 saturated heterocycles. The van der Waals surface area contributed by atoms with Gasteiger partial charge in [-0.2, -0.15) is 0 Å². The minimum atomic E-state index is -0.0344. The minimum Gasteiger partial charge on any atom is -1.00 e. The van der Waals surface area contributed by atoms with Gasteiger partial charge in [0.25, 0.3) is 0 Å². The topological polar surface area (TPSA) is 20.2 Å². The third-order valence-electron chi connectivity index (χ3n) is 4.91. The molecule has 2 aliphatic carbocycles. The quantitative estimate of drug-likeness (QED) is 0.477. The van der Waals surface area contributed by atoms with E-state index in [0.29, 0.717) is 0 Å². The van der Waals surface area contributed by atoms with Gasteiger partial charge in [-0.3, -0.25) is 0 Å². The Morgan fingerprint density at radius 1 is 0.905 bits per heavy atom. The fourth-order valence-corrected chi connectivity index (χ4v) is 3.19. The largest absolute Gasteiger partial charge is 3.00 e. The van der Waals surface area contributed by atoms with E-state index in [-0.39, 0.29) is 86.8 Å². The monoisotopic (exact) mass is 425 g/mol. The van der Waals surface area contributed by atoms with E-state index in [4.69, 9.17) is 0 Å². The van der Waals surface area contributed by atoms with Gasteiger partial charge in [0, 0.05) is 23.4 Å². The maximum Gasteiger partial charge on any atom is 3.00 e. The summed E-state index contributed by atoms with van der Waals surface area (Å²) in [4.78, 5) is 0. The molecule has 1 nitrogen and oxygen atoms in total. The van der Waals surface area contributed by atoms with Crippen LogP contribution in [0.15, 0.2) is 47.6 Å². The summed E-state index contributed by atoms with van der Waals surface area (Å²) in [6.45, 7) is 8.98. The number of hydrogen-bond acceptors (Lipinski definition) is 1. The number of hydrogen-bond donors (Lipinski definition) is 1. The maximum atomic E-state index is 9.89. The Labute approximate surface area is 166 Å². The molecule has 0 amide bonds.